The Morgan fingerprint density at radius 2 is 1.88 bits per heavy atom. The van der Waals surface area contributed by atoms with Gasteiger partial charge in [0.2, 0.25) is 0 Å². The van der Waals surface area contributed by atoms with E-state index in [-0.39, 0.29) is 11.0 Å². The number of carbonyl (C=O) groups is 1. The Bertz CT molecular complexity index is 1760. The lowest BCUT2D eigenvalue weighted by Gasteiger charge is -2.30. The Labute approximate surface area is 231 Å². The van der Waals surface area contributed by atoms with E-state index in [1.54, 1.807) is 64.2 Å². The fourth-order valence-corrected chi connectivity index (χ4v) is 5.05. The van der Waals surface area contributed by atoms with Crippen LogP contribution in [-0.4, -0.2) is 36.5 Å². The Morgan fingerprint density at radius 3 is 2.50 bits per heavy atom. The Morgan fingerprint density at radius 1 is 1.10 bits per heavy atom. The number of nitrogens with zero attached hydrogens (tertiary/aromatic N) is 3. The molecular formula is C31H32N4O5. The summed E-state index contributed by atoms with van der Waals surface area (Å²) in [6.45, 7) is 10.8. The van der Waals surface area contributed by atoms with Gasteiger partial charge in [-0.2, -0.15) is 4.57 Å². The molecule has 0 spiro atoms. The number of nitrogens with one attached hydrogen (secondary N) is 1. The molecule has 0 radical (unpaired) electrons. The first-order valence-corrected chi connectivity index (χ1v) is 13.1. The first-order valence-electron chi connectivity index (χ1n) is 13.1. The second-order valence-electron chi connectivity index (χ2n) is 10.8. The van der Waals surface area contributed by atoms with Gasteiger partial charge in [0.25, 0.3) is 0 Å². The molecule has 5 rings (SSSR count). The number of H-pyrrole nitrogens is 1. The highest BCUT2D eigenvalue weighted by atomic mass is 16.6. The molecule has 9 nitrogen and oxygen atoms in total. The topological polar surface area (TPSA) is 123 Å². The van der Waals surface area contributed by atoms with Gasteiger partial charge in [-0.1, -0.05) is 42.4 Å². The number of hydrogen-bond acceptors (Lipinski definition) is 7. The van der Waals surface area contributed by atoms with Gasteiger partial charge in [-0.25, -0.2) is 9.59 Å². The number of pyridine rings is 1. The van der Waals surface area contributed by atoms with Gasteiger partial charge in [0.15, 0.2) is 5.60 Å². The molecule has 0 saturated carbocycles. The normalized spacial score (nSPS) is 13.4. The van der Waals surface area contributed by atoms with E-state index >= 15 is 0 Å². The van der Waals surface area contributed by atoms with Crippen molar-refractivity contribution in [3.05, 3.63) is 105 Å². The van der Waals surface area contributed by atoms with E-state index in [2.05, 4.69) is 15.1 Å². The number of hydrogen-bond donors (Lipinski definition) is 2. The average molecular weight is 541 g/mol. The van der Waals surface area contributed by atoms with E-state index in [0.717, 1.165) is 16.6 Å². The van der Waals surface area contributed by atoms with Gasteiger partial charge >= 0.3 is 11.8 Å². The molecular weight excluding hydrogens is 508 g/mol. The molecule has 40 heavy (non-hydrogen) atoms. The summed E-state index contributed by atoms with van der Waals surface area (Å²) in [5, 5.41) is 16.9. The van der Waals surface area contributed by atoms with Crippen LogP contribution >= 0.6 is 0 Å². The molecule has 0 aliphatic carbocycles. The lowest BCUT2D eigenvalue weighted by molar-refractivity contribution is 0.0538. The Balaban J connectivity index is 1.92. The fourth-order valence-electron chi connectivity index (χ4n) is 5.05. The predicted octanol–water partition coefficient (Wildman–Crippen LogP) is 5.63. The van der Waals surface area contributed by atoms with Gasteiger partial charge < -0.3 is 19.4 Å². The maximum atomic E-state index is 13.3. The first kappa shape index (κ1) is 27.1. The van der Waals surface area contributed by atoms with E-state index in [1.165, 1.54) is 0 Å². The van der Waals surface area contributed by atoms with E-state index in [0.29, 0.717) is 39.4 Å². The predicted molar refractivity (Wildman–Crippen MR) is 151 cm³/mol. The number of rotatable bonds is 5. The first-order chi connectivity index (χ1) is 18.9. The van der Waals surface area contributed by atoms with Crippen LogP contribution in [0.4, 0.5) is 4.79 Å². The lowest BCUT2D eigenvalue weighted by atomic mass is 9.80. The molecule has 2 aromatic carbocycles. The summed E-state index contributed by atoms with van der Waals surface area (Å²) in [5.74, 6) is 0.554. The smallest absolute Gasteiger partial charge is 0.423 e. The molecule has 5 aromatic rings. The third-order valence-electron chi connectivity index (χ3n) is 6.87. The van der Waals surface area contributed by atoms with Crippen molar-refractivity contribution in [1.29, 1.82) is 0 Å². The Kier molecular flexibility index (Phi) is 6.71. The number of aryl methyl sites for hydroxylation is 3. The van der Waals surface area contributed by atoms with Crippen LogP contribution in [0.2, 0.25) is 0 Å². The van der Waals surface area contributed by atoms with E-state index in [4.69, 9.17) is 9.26 Å². The van der Waals surface area contributed by atoms with Crippen molar-refractivity contribution in [2.75, 3.05) is 0 Å². The van der Waals surface area contributed by atoms with Crippen LogP contribution in [-0.2, 0) is 16.8 Å². The van der Waals surface area contributed by atoms with Gasteiger partial charge in [-0.05, 0) is 82.0 Å². The zero-order valence-electron chi connectivity index (χ0n) is 23.4. The molecule has 0 amide bonds. The molecule has 3 aromatic heterocycles. The molecule has 0 fully saturated rings. The summed E-state index contributed by atoms with van der Waals surface area (Å²) < 4.78 is 12.0. The van der Waals surface area contributed by atoms with Gasteiger partial charge in [0.1, 0.15) is 11.4 Å². The third kappa shape index (κ3) is 4.62. The molecule has 0 bridgehead atoms. The maximum absolute atomic E-state index is 13.3. The van der Waals surface area contributed by atoms with Crippen molar-refractivity contribution < 1.29 is 19.2 Å². The largest absolute Gasteiger partial charge is 0.443 e. The summed E-state index contributed by atoms with van der Waals surface area (Å²) in [4.78, 5) is 34.0. The molecule has 2 N–H and O–H groups in total. The van der Waals surface area contributed by atoms with Gasteiger partial charge in [0.05, 0.1) is 22.4 Å². The van der Waals surface area contributed by atoms with Crippen molar-refractivity contribution in [1.82, 2.24) is 19.7 Å². The molecule has 0 aliphatic heterocycles. The second kappa shape index (κ2) is 9.91. The third-order valence-corrected chi connectivity index (χ3v) is 6.87. The van der Waals surface area contributed by atoms with Gasteiger partial charge in [-0.15, -0.1) is 0 Å². The fraction of sp³-hybridized carbons (Fsp3) is 0.290. The van der Waals surface area contributed by atoms with Crippen molar-refractivity contribution in [2.45, 2.75) is 59.2 Å². The average Bonchev–Trinajstić information content (AvgIpc) is 3.44. The van der Waals surface area contributed by atoms with Crippen LogP contribution in [0.5, 0.6) is 0 Å². The minimum atomic E-state index is -1.80. The Hall–Kier alpha value is -4.50. The number of benzene rings is 2. The molecule has 9 heteroatoms. The second-order valence-corrected chi connectivity index (χ2v) is 10.8. The van der Waals surface area contributed by atoms with Crippen molar-refractivity contribution in [3.8, 4) is 11.1 Å². The minimum absolute atomic E-state index is 0.243. The number of aromatic amines is 1. The van der Waals surface area contributed by atoms with E-state index in [9.17, 15) is 14.7 Å². The molecule has 206 valence electrons. The van der Waals surface area contributed by atoms with E-state index < -0.39 is 23.0 Å². The summed E-state index contributed by atoms with van der Waals surface area (Å²) in [6, 6.07) is 16.4. The zero-order chi connectivity index (χ0) is 28.8. The summed E-state index contributed by atoms with van der Waals surface area (Å²) in [7, 11) is 0. The van der Waals surface area contributed by atoms with Gasteiger partial charge in [-0.3, -0.25) is 4.98 Å². The number of aromatic nitrogens is 4. The minimum Gasteiger partial charge on any atom is -0.443 e. The van der Waals surface area contributed by atoms with Crippen molar-refractivity contribution >= 4 is 17.1 Å². The van der Waals surface area contributed by atoms with Crippen LogP contribution in [0, 0.1) is 13.8 Å². The number of ether oxygens (including phenoxy) is 1. The van der Waals surface area contributed by atoms with Crippen molar-refractivity contribution in [2.24, 2.45) is 0 Å². The molecule has 3 heterocycles. The SMILES string of the molecule is CCc1cccc(C(O)(c2ccccn2)c2cc(-c3c(C)noc3C)cc3c2[nH]c(=O)n3C(=O)OC(C)(C)C)c1. The monoisotopic (exact) mass is 540 g/mol. The van der Waals surface area contributed by atoms with Crippen LogP contribution in [0.15, 0.2) is 70.1 Å². The van der Waals surface area contributed by atoms with Gasteiger partial charge in [0, 0.05) is 17.3 Å². The van der Waals surface area contributed by atoms with Crippen LogP contribution < -0.4 is 5.69 Å². The molecule has 1 unspecified atom stereocenters. The van der Waals surface area contributed by atoms with Crippen LogP contribution in [0.3, 0.4) is 0 Å². The van der Waals surface area contributed by atoms with E-state index in [1.807, 2.05) is 38.1 Å². The number of fused-ring (bicyclic) bond motifs is 1. The number of carbonyl (C=O) groups excluding carboxylic acids is 1. The van der Waals surface area contributed by atoms with Crippen molar-refractivity contribution in [3.63, 3.8) is 0 Å². The highest BCUT2D eigenvalue weighted by molar-refractivity contribution is 5.93. The maximum Gasteiger partial charge on any atom is 0.423 e. The highest BCUT2D eigenvalue weighted by Gasteiger charge is 2.39. The number of imidazole rings is 1. The molecule has 0 saturated heterocycles. The zero-order valence-corrected chi connectivity index (χ0v) is 23.4. The van der Waals surface area contributed by atoms with Crippen LogP contribution in [0.1, 0.15) is 61.5 Å². The van der Waals surface area contributed by atoms with Crippen LogP contribution in [0.25, 0.3) is 22.2 Å². The molecule has 1 atom stereocenters. The summed E-state index contributed by atoms with van der Waals surface area (Å²) in [6.07, 6.45) is 1.53. The lowest BCUT2D eigenvalue weighted by Crippen LogP contribution is -2.32. The summed E-state index contributed by atoms with van der Waals surface area (Å²) in [5.41, 5.74) is 1.39. The number of aliphatic hydroxyl groups is 1. The summed E-state index contributed by atoms with van der Waals surface area (Å²) >= 11 is 0. The standard InChI is InChI=1S/C31H32N4O5/c1-7-20-11-10-12-22(15-20)31(38,25-13-8-9-14-32-25)23-16-21(26-18(2)34-40-19(26)3)17-24-27(23)33-28(36)35(24)29(37)39-30(4,5)6/h8-17,38H,7H2,1-6H3,(H,33,36). The quantitative estimate of drug-likeness (QED) is 0.296. The highest BCUT2D eigenvalue weighted by Crippen LogP contribution is 2.42. The molecule has 0 aliphatic rings.